The summed E-state index contributed by atoms with van der Waals surface area (Å²) in [5, 5.41) is 15.7. The topological polar surface area (TPSA) is 106 Å². The van der Waals surface area contributed by atoms with Crippen LogP contribution in [0.1, 0.15) is 38.7 Å². The number of pyridine rings is 1. The summed E-state index contributed by atoms with van der Waals surface area (Å²) in [6.07, 6.45) is 0.264. The SMILES string of the molecule is COc1ccc(C(=O)NCCc2c(C(c3cc(F)ccc3F)c3c(O)c4ccccc4n(C)c3=O)[nH]c3ccccc23)cc1OC. The number of methoxy groups -OCH3 is 2. The average Bonchev–Trinajstić information content (AvgIpc) is 3.44. The van der Waals surface area contributed by atoms with Crippen LogP contribution in [0.4, 0.5) is 8.78 Å². The Hall–Kier alpha value is -5.64. The van der Waals surface area contributed by atoms with Gasteiger partial charge in [0.15, 0.2) is 11.5 Å². The molecule has 2 heterocycles. The van der Waals surface area contributed by atoms with Crippen LogP contribution in [0.2, 0.25) is 0 Å². The molecule has 0 aliphatic heterocycles. The van der Waals surface area contributed by atoms with E-state index in [-0.39, 0.29) is 35.7 Å². The van der Waals surface area contributed by atoms with Crippen molar-refractivity contribution in [3.8, 4) is 17.2 Å². The van der Waals surface area contributed by atoms with Gasteiger partial charge in [-0.1, -0.05) is 30.3 Å². The first-order chi connectivity index (χ1) is 22.2. The molecule has 4 aromatic carbocycles. The highest BCUT2D eigenvalue weighted by atomic mass is 19.1. The fourth-order valence-corrected chi connectivity index (χ4v) is 6.07. The summed E-state index contributed by atoms with van der Waals surface area (Å²) in [5.41, 5.74) is 1.83. The van der Waals surface area contributed by atoms with Crippen molar-refractivity contribution in [1.29, 1.82) is 0 Å². The van der Waals surface area contributed by atoms with Crippen LogP contribution in [-0.4, -0.2) is 41.3 Å². The first-order valence-corrected chi connectivity index (χ1v) is 14.6. The van der Waals surface area contributed by atoms with Gasteiger partial charge in [-0.3, -0.25) is 9.59 Å². The molecular weight excluding hydrogens is 592 g/mol. The summed E-state index contributed by atoms with van der Waals surface area (Å²) in [6.45, 7) is 0.169. The van der Waals surface area contributed by atoms with Crippen molar-refractivity contribution in [2.45, 2.75) is 12.3 Å². The van der Waals surface area contributed by atoms with Crippen molar-refractivity contribution < 1.29 is 28.2 Å². The molecule has 1 atom stereocenters. The number of nitrogens with zero attached hydrogens (tertiary/aromatic N) is 1. The maximum atomic E-state index is 15.7. The van der Waals surface area contributed by atoms with Gasteiger partial charge in [-0.2, -0.15) is 0 Å². The predicted molar refractivity (Wildman–Crippen MR) is 172 cm³/mol. The zero-order valence-corrected chi connectivity index (χ0v) is 25.4. The molecule has 3 N–H and O–H groups in total. The second-order valence-electron chi connectivity index (χ2n) is 10.9. The first kappa shape index (κ1) is 30.4. The van der Waals surface area contributed by atoms with E-state index in [9.17, 15) is 19.1 Å². The van der Waals surface area contributed by atoms with Crippen LogP contribution in [0.15, 0.2) is 89.7 Å². The summed E-state index contributed by atoms with van der Waals surface area (Å²) in [4.78, 5) is 30.4. The minimum Gasteiger partial charge on any atom is -0.507 e. The Morgan fingerprint density at radius 1 is 0.935 bits per heavy atom. The monoisotopic (exact) mass is 623 g/mol. The molecule has 0 spiro atoms. The van der Waals surface area contributed by atoms with Crippen LogP contribution in [0.5, 0.6) is 17.2 Å². The number of aromatic nitrogens is 2. The number of carbonyl (C=O) groups is 1. The quantitative estimate of drug-likeness (QED) is 0.179. The molecule has 46 heavy (non-hydrogen) atoms. The standard InChI is InChI=1S/C36H31F2N3O5/c1-41-28-11-7-5-9-24(28)34(42)32(36(41)44)31(25-19-21(37)13-14-26(25)38)33-23(22-8-4-6-10-27(22)40-33)16-17-39-35(43)20-12-15-29(45-2)30(18-20)46-3/h4-15,18-19,31,40,42H,16-17H2,1-3H3,(H,39,43). The Morgan fingerprint density at radius 3 is 2.41 bits per heavy atom. The number of hydrogen-bond acceptors (Lipinski definition) is 5. The van der Waals surface area contributed by atoms with E-state index in [0.717, 1.165) is 23.6 Å². The summed E-state index contributed by atoms with van der Waals surface area (Å²) in [7, 11) is 4.56. The summed E-state index contributed by atoms with van der Waals surface area (Å²) in [5.74, 6) is -2.43. The lowest BCUT2D eigenvalue weighted by Crippen LogP contribution is -2.27. The molecule has 8 nitrogen and oxygen atoms in total. The molecule has 0 radical (unpaired) electrons. The van der Waals surface area contributed by atoms with Crippen molar-refractivity contribution in [3.05, 3.63) is 135 Å². The Labute approximate surface area is 262 Å². The van der Waals surface area contributed by atoms with E-state index in [0.29, 0.717) is 44.7 Å². The van der Waals surface area contributed by atoms with Crippen molar-refractivity contribution in [1.82, 2.24) is 14.9 Å². The number of carbonyl (C=O) groups excluding carboxylic acids is 1. The normalized spacial score (nSPS) is 11.9. The number of aromatic amines is 1. The third-order valence-corrected chi connectivity index (χ3v) is 8.31. The maximum Gasteiger partial charge on any atom is 0.258 e. The predicted octanol–water partition coefficient (Wildman–Crippen LogP) is 6.17. The van der Waals surface area contributed by atoms with E-state index >= 15 is 4.39 Å². The molecule has 0 fully saturated rings. The molecule has 6 rings (SSSR count). The second-order valence-corrected chi connectivity index (χ2v) is 10.9. The number of fused-ring (bicyclic) bond motifs is 2. The van der Waals surface area contributed by atoms with Gasteiger partial charge in [0.1, 0.15) is 17.4 Å². The van der Waals surface area contributed by atoms with Gasteiger partial charge < -0.3 is 29.4 Å². The van der Waals surface area contributed by atoms with Crippen LogP contribution in [-0.2, 0) is 13.5 Å². The van der Waals surface area contributed by atoms with Crippen LogP contribution in [0.3, 0.4) is 0 Å². The van der Waals surface area contributed by atoms with Crippen LogP contribution >= 0.6 is 0 Å². The number of nitrogens with one attached hydrogen (secondary N) is 2. The summed E-state index contributed by atoms with van der Waals surface area (Å²) in [6, 6.07) is 22.1. The highest BCUT2D eigenvalue weighted by Crippen LogP contribution is 2.42. The minimum atomic E-state index is -1.22. The lowest BCUT2D eigenvalue weighted by molar-refractivity contribution is 0.0953. The maximum absolute atomic E-state index is 15.7. The van der Waals surface area contributed by atoms with Gasteiger partial charge in [0.05, 0.1) is 31.2 Å². The average molecular weight is 624 g/mol. The Kier molecular flexibility index (Phi) is 8.19. The number of aromatic hydroxyl groups is 1. The van der Waals surface area contributed by atoms with Gasteiger partial charge in [0.2, 0.25) is 0 Å². The molecule has 0 aliphatic carbocycles. The fraction of sp³-hybridized carbons (Fsp3) is 0.167. The Balaban J connectivity index is 1.48. The van der Waals surface area contributed by atoms with Crippen molar-refractivity contribution >= 4 is 27.7 Å². The molecule has 6 aromatic rings. The highest BCUT2D eigenvalue weighted by molar-refractivity contribution is 5.95. The number of amides is 1. The van der Waals surface area contributed by atoms with E-state index < -0.39 is 23.1 Å². The molecular formula is C36H31F2N3O5. The minimum absolute atomic E-state index is 0.104. The van der Waals surface area contributed by atoms with Crippen LogP contribution in [0.25, 0.3) is 21.8 Å². The number of ether oxygens (including phenoxy) is 2. The van der Waals surface area contributed by atoms with Crippen molar-refractivity contribution in [3.63, 3.8) is 0 Å². The van der Waals surface area contributed by atoms with Gasteiger partial charge in [0, 0.05) is 46.7 Å². The summed E-state index contributed by atoms with van der Waals surface area (Å²) < 4.78 is 42.4. The molecule has 234 valence electrons. The van der Waals surface area contributed by atoms with E-state index in [1.807, 2.05) is 24.3 Å². The van der Waals surface area contributed by atoms with Crippen molar-refractivity contribution in [2.24, 2.45) is 7.05 Å². The van der Waals surface area contributed by atoms with E-state index in [1.165, 1.54) is 18.8 Å². The molecule has 0 aliphatic rings. The molecule has 0 saturated heterocycles. The summed E-state index contributed by atoms with van der Waals surface area (Å²) >= 11 is 0. The molecule has 2 aromatic heterocycles. The van der Waals surface area contributed by atoms with Gasteiger partial charge in [-0.25, -0.2) is 8.78 Å². The van der Waals surface area contributed by atoms with E-state index in [2.05, 4.69) is 10.3 Å². The molecule has 1 unspecified atom stereocenters. The largest absolute Gasteiger partial charge is 0.507 e. The zero-order valence-electron chi connectivity index (χ0n) is 25.4. The van der Waals surface area contributed by atoms with Gasteiger partial charge in [0.25, 0.3) is 11.5 Å². The third-order valence-electron chi connectivity index (χ3n) is 8.31. The second kappa shape index (κ2) is 12.4. The number of benzene rings is 4. The lowest BCUT2D eigenvalue weighted by atomic mass is 9.84. The fourth-order valence-electron chi connectivity index (χ4n) is 6.07. The lowest BCUT2D eigenvalue weighted by Gasteiger charge is -2.22. The Bertz CT molecular complexity index is 2170. The van der Waals surface area contributed by atoms with Crippen LogP contribution in [0, 0.1) is 11.6 Å². The highest BCUT2D eigenvalue weighted by Gasteiger charge is 2.32. The van der Waals surface area contributed by atoms with E-state index in [1.54, 1.807) is 49.5 Å². The first-order valence-electron chi connectivity index (χ1n) is 14.6. The molecule has 1 amide bonds. The number of para-hydroxylation sites is 2. The molecule has 0 bridgehead atoms. The van der Waals surface area contributed by atoms with E-state index in [4.69, 9.17) is 9.47 Å². The third kappa shape index (κ3) is 5.32. The van der Waals surface area contributed by atoms with Gasteiger partial charge in [-0.05, 0) is 66.6 Å². The van der Waals surface area contributed by atoms with Gasteiger partial charge >= 0.3 is 0 Å². The number of H-pyrrole nitrogens is 1. The zero-order chi connectivity index (χ0) is 32.5. The molecule has 0 saturated carbocycles. The number of rotatable bonds is 9. The van der Waals surface area contributed by atoms with Crippen molar-refractivity contribution in [2.75, 3.05) is 20.8 Å². The smallest absolute Gasteiger partial charge is 0.258 e. The Morgan fingerprint density at radius 2 is 1.65 bits per heavy atom. The number of halogens is 2. The van der Waals surface area contributed by atoms with Crippen LogP contribution < -0.4 is 20.3 Å². The number of aryl methyl sites for hydroxylation is 1. The van der Waals surface area contributed by atoms with Gasteiger partial charge in [-0.15, -0.1) is 0 Å². The molecule has 10 heteroatoms. The number of hydrogen-bond donors (Lipinski definition) is 3.